The second-order valence-electron chi connectivity index (χ2n) is 2.32. The average molecular weight is 171 g/mol. The lowest BCUT2D eigenvalue weighted by molar-refractivity contribution is -0.155. The van der Waals surface area contributed by atoms with Crippen LogP contribution in [0.2, 0.25) is 0 Å². The molecule has 12 heavy (non-hydrogen) atoms. The van der Waals surface area contributed by atoms with Crippen molar-refractivity contribution < 1.29 is 14.3 Å². The first kappa shape index (κ1) is 10.6. The summed E-state index contributed by atoms with van der Waals surface area (Å²) in [5.41, 5.74) is 0. The van der Waals surface area contributed by atoms with Gasteiger partial charge in [-0.05, 0) is 6.42 Å². The molecule has 0 spiro atoms. The highest BCUT2D eigenvalue weighted by molar-refractivity contribution is 6.32. The lowest BCUT2D eigenvalue weighted by atomic mass is 10.3. The molecule has 1 atom stereocenters. The highest BCUT2D eigenvalue weighted by Crippen LogP contribution is 2.03. The SMILES string of the molecule is CCCC([N+]#N)OC(=O)C(C)=O. The van der Waals surface area contributed by atoms with E-state index in [9.17, 15) is 9.59 Å². The van der Waals surface area contributed by atoms with Crippen LogP contribution in [-0.2, 0) is 14.3 Å². The Morgan fingerprint density at radius 2 is 2.17 bits per heavy atom. The molecule has 0 radical (unpaired) electrons. The fourth-order valence-corrected chi connectivity index (χ4v) is 0.594. The van der Waals surface area contributed by atoms with E-state index < -0.39 is 18.0 Å². The maximum Gasteiger partial charge on any atom is 0.458 e. The van der Waals surface area contributed by atoms with Crippen molar-refractivity contribution in [2.45, 2.75) is 32.9 Å². The highest BCUT2D eigenvalue weighted by atomic mass is 16.6. The number of hydrogen-bond acceptors (Lipinski definition) is 4. The number of Topliss-reactive ketones (excluding diaryl/α,β-unsaturated/α-hetero) is 1. The van der Waals surface area contributed by atoms with Gasteiger partial charge in [-0.25, -0.2) is 4.79 Å². The fraction of sp³-hybridized carbons (Fsp3) is 0.714. The Hall–Kier alpha value is -1.44. The van der Waals surface area contributed by atoms with E-state index >= 15 is 0 Å². The first-order chi connectivity index (χ1) is 5.61. The average Bonchev–Trinajstić information content (AvgIpc) is 2.03. The van der Waals surface area contributed by atoms with Crippen LogP contribution in [0.25, 0.3) is 4.98 Å². The normalized spacial score (nSPS) is 11.4. The number of carbonyl (C=O) groups is 2. The third kappa shape index (κ3) is 3.66. The van der Waals surface area contributed by atoms with Crippen LogP contribution in [0.15, 0.2) is 0 Å². The van der Waals surface area contributed by atoms with Gasteiger partial charge >= 0.3 is 12.2 Å². The van der Waals surface area contributed by atoms with Crippen LogP contribution in [0.5, 0.6) is 0 Å². The van der Waals surface area contributed by atoms with Crippen molar-refractivity contribution in [3.8, 4) is 0 Å². The lowest BCUT2D eigenvalue weighted by Crippen LogP contribution is -2.20. The summed E-state index contributed by atoms with van der Waals surface area (Å²) in [5, 5.41) is 8.32. The van der Waals surface area contributed by atoms with E-state index in [1.807, 2.05) is 6.92 Å². The van der Waals surface area contributed by atoms with Gasteiger partial charge in [-0.2, -0.15) is 0 Å². The number of nitrogens with zero attached hydrogens (tertiary/aromatic N) is 2. The minimum Gasteiger partial charge on any atom is -0.380 e. The smallest absolute Gasteiger partial charge is 0.380 e. The van der Waals surface area contributed by atoms with E-state index in [0.29, 0.717) is 12.8 Å². The van der Waals surface area contributed by atoms with Crippen LogP contribution in [-0.4, -0.2) is 18.0 Å². The number of rotatable bonds is 4. The second-order valence-corrected chi connectivity index (χ2v) is 2.32. The van der Waals surface area contributed by atoms with Crippen molar-refractivity contribution in [1.82, 2.24) is 0 Å². The van der Waals surface area contributed by atoms with Gasteiger partial charge in [0.05, 0.1) is 6.42 Å². The minimum absolute atomic E-state index is 0.412. The molecule has 0 aromatic rings. The zero-order valence-electron chi connectivity index (χ0n) is 7.11. The van der Waals surface area contributed by atoms with Crippen molar-refractivity contribution in [3.63, 3.8) is 0 Å². The fourth-order valence-electron chi connectivity index (χ4n) is 0.594. The van der Waals surface area contributed by atoms with E-state index in [0.717, 1.165) is 6.92 Å². The van der Waals surface area contributed by atoms with E-state index in [-0.39, 0.29) is 0 Å². The first-order valence-corrected chi connectivity index (χ1v) is 3.67. The third-order valence-electron chi connectivity index (χ3n) is 1.19. The molecule has 0 amide bonds. The molecule has 0 fully saturated rings. The Kier molecular flexibility index (Phi) is 4.61. The van der Waals surface area contributed by atoms with Crippen molar-refractivity contribution in [3.05, 3.63) is 4.98 Å². The van der Waals surface area contributed by atoms with Gasteiger partial charge in [0.1, 0.15) is 0 Å². The monoisotopic (exact) mass is 171 g/mol. The van der Waals surface area contributed by atoms with Crippen LogP contribution in [0.3, 0.4) is 0 Å². The number of carbonyl (C=O) groups excluding carboxylic acids is 2. The van der Waals surface area contributed by atoms with E-state index in [4.69, 9.17) is 5.39 Å². The standard InChI is InChI=1S/C7H11N2O3/c1-3-4-6(9-8)12-7(11)5(2)10/h6H,3-4H2,1-2H3/q+1. The summed E-state index contributed by atoms with van der Waals surface area (Å²) in [7, 11) is 0. The summed E-state index contributed by atoms with van der Waals surface area (Å²) in [5.74, 6) is -1.66. The van der Waals surface area contributed by atoms with Gasteiger partial charge < -0.3 is 4.74 Å². The third-order valence-corrected chi connectivity index (χ3v) is 1.19. The zero-order chi connectivity index (χ0) is 9.56. The molecule has 0 N–H and O–H groups in total. The molecule has 0 heterocycles. The summed E-state index contributed by atoms with van der Waals surface area (Å²) in [6.07, 6.45) is 0.210. The minimum atomic E-state index is -0.966. The van der Waals surface area contributed by atoms with Gasteiger partial charge in [0.15, 0.2) is 4.98 Å². The molecule has 0 aromatic heterocycles. The molecule has 0 aromatic carbocycles. The quantitative estimate of drug-likeness (QED) is 0.360. The largest absolute Gasteiger partial charge is 0.458 e. The second kappa shape index (κ2) is 5.24. The number of ketones is 1. The Morgan fingerprint density at radius 3 is 2.50 bits per heavy atom. The maximum atomic E-state index is 10.6. The van der Waals surface area contributed by atoms with Crippen molar-refractivity contribution in [2.75, 3.05) is 0 Å². The highest BCUT2D eigenvalue weighted by Gasteiger charge is 2.25. The van der Waals surface area contributed by atoms with E-state index in [2.05, 4.69) is 9.71 Å². The van der Waals surface area contributed by atoms with Crippen molar-refractivity contribution in [1.29, 1.82) is 5.39 Å². The molecule has 0 bridgehead atoms. The molecule has 0 saturated heterocycles. The van der Waals surface area contributed by atoms with Crippen LogP contribution in [0, 0.1) is 5.39 Å². The summed E-state index contributed by atoms with van der Waals surface area (Å²) < 4.78 is 4.50. The van der Waals surface area contributed by atoms with Crippen LogP contribution < -0.4 is 0 Å². The summed E-state index contributed by atoms with van der Waals surface area (Å²) in [6.45, 7) is 2.95. The number of esters is 1. The summed E-state index contributed by atoms with van der Waals surface area (Å²) >= 11 is 0. The molecule has 0 rings (SSSR count). The van der Waals surface area contributed by atoms with Crippen LogP contribution >= 0.6 is 0 Å². The molecule has 0 aliphatic rings. The van der Waals surface area contributed by atoms with Gasteiger partial charge in [-0.3, -0.25) is 4.79 Å². The Bertz CT molecular complexity index is 219. The number of ether oxygens (including phenoxy) is 1. The molecular formula is C7H11N2O3+. The molecule has 5 nitrogen and oxygen atoms in total. The van der Waals surface area contributed by atoms with Gasteiger partial charge in [0, 0.05) is 6.92 Å². The van der Waals surface area contributed by atoms with Crippen molar-refractivity contribution in [2.24, 2.45) is 0 Å². The predicted octanol–water partition coefficient (Wildman–Crippen LogP) is 1.10. The van der Waals surface area contributed by atoms with Crippen LogP contribution in [0.1, 0.15) is 26.7 Å². The lowest BCUT2D eigenvalue weighted by Gasteiger charge is -1.97. The summed E-state index contributed by atoms with van der Waals surface area (Å²) in [6, 6.07) is 0. The summed E-state index contributed by atoms with van der Waals surface area (Å²) in [4.78, 5) is 23.9. The topological polar surface area (TPSA) is 71.5 Å². The molecule has 0 aliphatic heterocycles. The molecular weight excluding hydrogens is 160 g/mol. The zero-order valence-corrected chi connectivity index (χ0v) is 7.11. The van der Waals surface area contributed by atoms with E-state index in [1.54, 1.807) is 0 Å². The molecule has 0 saturated carbocycles. The van der Waals surface area contributed by atoms with Gasteiger partial charge in [0.2, 0.25) is 11.2 Å². The van der Waals surface area contributed by atoms with Gasteiger partial charge in [-0.15, -0.1) is 0 Å². The first-order valence-electron chi connectivity index (χ1n) is 3.67. The van der Waals surface area contributed by atoms with Crippen LogP contribution in [0.4, 0.5) is 0 Å². The Morgan fingerprint density at radius 1 is 1.58 bits per heavy atom. The van der Waals surface area contributed by atoms with Crippen molar-refractivity contribution >= 4 is 11.8 Å². The molecule has 0 aliphatic carbocycles. The van der Waals surface area contributed by atoms with Gasteiger partial charge in [0.25, 0.3) is 0 Å². The van der Waals surface area contributed by atoms with E-state index in [1.165, 1.54) is 0 Å². The van der Waals surface area contributed by atoms with Gasteiger partial charge in [-0.1, -0.05) is 6.92 Å². The molecule has 1 unspecified atom stereocenters. The Labute approximate surface area is 70.3 Å². The predicted molar refractivity (Wildman–Crippen MR) is 40.6 cm³/mol. The molecule has 5 heteroatoms. The number of diazo groups is 1. The Balaban J connectivity index is 3.96. The maximum absolute atomic E-state index is 10.6. The number of hydrogen-bond donors (Lipinski definition) is 0. The molecule has 66 valence electrons.